The van der Waals surface area contributed by atoms with Crippen LogP contribution in [0.4, 0.5) is 0 Å². The first-order valence-corrected chi connectivity index (χ1v) is 9.51. The van der Waals surface area contributed by atoms with Crippen LogP contribution in [0.1, 0.15) is 16.1 Å². The lowest BCUT2D eigenvalue weighted by atomic mass is 10.2. The molecule has 29 heavy (non-hydrogen) atoms. The number of ether oxygens (including phenoxy) is 2. The average Bonchev–Trinajstić information content (AvgIpc) is 3.39. The zero-order valence-corrected chi connectivity index (χ0v) is 16.5. The van der Waals surface area contributed by atoms with Gasteiger partial charge in [0.25, 0.3) is 5.91 Å². The van der Waals surface area contributed by atoms with Crippen molar-refractivity contribution in [2.75, 3.05) is 14.2 Å². The van der Waals surface area contributed by atoms with Crippen molar-refractivity contribution in [2.24, 2.45) is 5.10 Å². The lowest BCUT2D eigenvalue weighted by molar-refractivity contribution is 0.0954. The van der Waals surface area contributed by atoms with Crippen LogP contribution in [0.15, 0.2) is 64.1 Å². The number of rotatable bonds is 6. The number of nitrogens with zero attached hydrogens (tertiary/aromatic N) is 2. The Kier molecular flexibility index (Phi) is 5.26. The summed E-state index contributed by atoms with van der Waals surface area (Å²) >= 11 is 1.55. The number of hydrogen-bond acceptors (Lipinski definition) is 7. The molecule has 2 heterocycles. The Hall–Kier alpha value is -3.65. The molecule has 0 aliphatic carbocycles. The van der Waals surface area contributed by atoms with Crippen molar-refractivity contribution in [3.8, 4) is 22.3 Å². The molecule has 0 spiro atoms. The van der Waals surface area contributed by atoms with E-state index in [0.717, 1.165) is 15.2 Å². The maximum absolute atomic E-state index is 12.3. The summed E-state index contributed by atoms with van der Waals surface area (Å²) in [5.41, 5.74) is 3.80. The molecule has 0 fully saturated rings. The smallest absolute Gasteiger partial charge is 0.271 e. The Morgan fingerprint density at radius 1 is 1.10 bits per heavy atom. The molecule has 0 bridgehead atoms. The number of hydrazone groups is 1. The van der Waals surface area contributed by atoms with Gasteiger partial charge in [0.15, 0.2) is 22.3 Å². The van der Waals surface area contributed by atoms with Gasteiger partial charge in [-0.3, -0.25) is 4.79 Å². The highest BCUT2D eigenvalue weighted by Crippen LogP contribution is 2.31. The highest BCUT2D eigenvalue weighted by molar-refractivity contribution is 7.21. The first-order valence-electron chi connectivity index (χ1n) is 8.69. The molecular formula is C21H17N3O4S. The summed E-state index contributed by atoms with van der Waals surface area (Å²) < 4.78 is 17.2. The maximum atomic E-state index is 12.3. The number of carbonyl (C=O) groups is 1. The van der Waals surface area contributed by atoms with Gasteiger partial charge in [-0.15, -0.1) is 11.3 Å². The molecule has 0 atom stereocenters. The van der Waals surface area contributed by atoms with Crippen molar-refractivity contribution in [3.63, 3.8) is 0 Å². The third kappa shape index (κ3) is 3.97. The van der Waals surface area contributed by atoms with Crippen LogP contribution in [0, 0.1) is 0 Å². The molecule has 0 aliphatic heterocycles. The van der Waals surface area contributed by atoms with Crippen LogP contribution >= 0.6 is 11.3 Å². The third-order valence-corrected chi connectivity index (χ3v) is 5.19. The molecule has 0 saturated carbocycles. The topological polar surface area (TPSA) is 86.0 Å². The number of fused-ring (bicyclic) bond motifs is 1. The van der Waals surface area contributed by atoms with Gasteiger partial charge in [0, 0.05) is 5.56 Å². The lowest BCUT2D eigenvalue weighted by Crippen LogP contribution is -2.17. The molecule has 4 aromatic rings. The summed E-state index contributed by atoms with van der Waals surface area (Å²) in [5.74, 6) is 1.80. The van der Waals surface area contributed by atoms with Gasteiger partial charge in [-0.25, -0.2) is 10.4 Å². The summed E-state index contributed by atoms with van der Waals surface area (Å²) in [4.78, 5) is 16.8. The minimum Gasteiger partial charge on any atom is -0.493 e. The van der Waals surface area contributed by atoms with Crippen molar-refractivity contribution >= 4 is 33.7 Å². The van der Waals surface area contributed by atoms with Gasteiger partial charge in [-0.05, 0) is 42.5 Å². The lowest BCUT2D eigenvalue weighted by Gasteiger charge is -2.08. The number of amides is 1. The zero-order valence-electron chi connectivity index (χ0n) is 15.7. The number of aromatic nitrogens is 1. The number of thiazole rings is 1. The molecule has 8 heteroatoms. The number of hydrogen-bond donors (Lipinski definition) is 1. The van der Waals surface area contributed by atoms with Gasteiger partial charge in [-0.2, -0.15) is 5.10 Å². The van der Waals surface area contributed by atoms with Crippen LogP contribution in [-0.4, -0.2) is 31.3 Å². The second-order valence-electron chi connectivity index (χ2n) is 5.96. The molecule has 0 unspecified atom stereocenters. The summed E-state index contributed by atoms with van der Waals surface area (Å²) in [6, 6.07) is 16.4. The molecule has 7 nitrogen and oxygen atoms in total. The van der Waals surface area contributed by atoms with Crippen molar-refractivity contribution in [2.45, 2.75) is 0 Å². The minimum absolute atomic E-state index is 0.375. The predicted octanol–water partition coefficient (Wildman–Crippen LogP) is 4.34. The van der Waals surface area contributed by atoms with Crippen molar-refractivity contribution in [3.05, 3.63) is 65.9 Å². The number of carbonyl (C=O) groups excluding carboxylic acids is 1. The number of benzene rings is 2. The minimum atomic E-state index is -0.375. The quantitative estimate of drug-likeness (QED) is 0.380. The first-order chi connectivity index (χ1) is 14.2. The largest absolute Gasteiger partial charge is 0.493 e. The van der Waals surface area contributed by atoms with Crippen LogP contribution in [0.25, 0.3) is 21.0 Å². The van der Waals surface area contributed by atoms with E-state index >= 15 is 0 Å². The highest BCUT2D eigenvalue weighted by atomic mass is 32.1. The average molecular weight is 407 g/mol. The molecule has 4 rings (SSSR count). The Labute approximate surface area is 170 Å². The Bertz CT molecular complexity index is 1160. The second kappa shape index (κ2) is 8.15. The van der Waals surface area contributed by atoms with Crippen molar-refractivity contribution in [1.82, 2.24) is 10.4 Å². The van der Waals surface area contributed by atoms with E-state index in [1.807, 2.05) is 30.3 Å². The fraction of sp³-hybridized carbons (Fsp3) is 0.0952. The number of furan rings is 1. The highest BCUT2D eigenvalue weighted by Gasteiger charge is 2.11. The summed E-state index contributed by atoms with van der Waals surface area (Å²) in [5, 5.41) is 4.75. The number of nitrogens with one attached hydrogen (secondary N) is 1. The molecule has 0 aliphatic rings. The zero-order chi connectivity index (χ0) is 20.2. The Balaban J connectivity index is 1.44. The molecule has 1 amide bonds. The number of para-hydroxylation sites is 1. The molecule has 1 N–H and O–H groups in total. The Morgan fingerprint density at radius 2 is 1.93 bits per heavy atom. The van der Waals surface area contributed by atoms with Gasteiger partial charge in [0.05, 0.1) is 30.7 Å². The van der Waals surface area contributed by atoms with E-state index in [9.17, 15) is 4.79 Å². The summed E-state index contributed by atoms with van der Waals surface area (Å²) in [6.45, 7) is 0. The van der Waals surface area contributed by atoms with E-state index in [0.29, 0.717) is 28.6 Å². The van der Waals surface area contributed by atoms with Gasteiger partial charge >= 0.3 is 0 Å². The van der Waals surface area contributed by atoms with E-state index < -0.39 is 0 Å². The van der Waals surface area contributed by atoms with E-state index in [1.54, 1.807) is 35.6 Å². The van der Waals surface area contributed by atoms with Crippen LogP contribution < -0.4 is 14.9 Å². The SMILES string of the molecule is COc1ccc(C(=O)N/N=C\c2ccc(-c3nc4ccccc4s3)o2)cc1OC. The van der Waals surface area contributed by atoms with E-state index in [4.69, 9.17) is 13.9 Å². The van der Waals surface area contributed by atoms with Crippen LogP contribution in [0.5, 0.6) is 11.5 Å². The van der Waals surface area contributed by atoms with Gasteiger partial charge in [0.2, 0.25) is 0 Å². The molecule has 2 aromatic heterocycles. The normalized spacial score (nSPS) is 11.1. The fourth-order valence-corrected chi connectivity index (χ4v) is 3.64. The number of methoxy groups -OCH3 is 2. The fourth-order valence-electron chi connectivity index (χ4n) is 2.71. The van der Waals surface area contributed by atoms with Crippen LogP contribution in [0.2, 0.25) is 0 Å². The third-order valence-electron chi connectivity index (χ3n) is 4.14. The van der Waals surface area contributed by atoms with Crippen LogP contribution in [0.3, 0.4) is 0 Å². The summed E-state index contributed by atoms with van der Waals surface area (Å²) in [6.07, 6.45) is 1.44. The summed E-state index contributed by atoms with van der Waals surface area (Å²) in [7, 11) is 3.05. The van der Waals surface area contributed by atoms with Gasteiger partial charge < -0.3 is 13.9 Å². The standard InChI is InChI=1S/C21H17N3O4S/c1-26-16-9-7-13(11-18(16)27-2)20(25)24-22-12-14-8-10-17(28-14)21-23-15-5-3-4-6-19(15)29-21/h3-12H,1-2H3,(H,24,25)/b22-12-. The van der Waals surface area contributed by atoms with E-state index in [1.165, 1.54) is 20.4 Å². The molecular weight excluding hydrogens is 390 g/mol. The van der Waals surface area contributed by atoms with E-state index in [2.05, 4.69) is 15.5 Å². The maximum Gasteiger partial charge on any atom is 0.271 e. The second-order valence-corrected chi connectivity index (χ2v) is 6.99. The van der Waals surface area contributed by atoms with Crippen LogP contribution in [-0.2, 0) is 0 Å². The first kappa shape index (κ1) is 18.7. The van der Waals surface area contributed by atoms with Gasteiger partial charge in [0.1, 0.15) is 5.76 Å². The molecule has 146 valence electrons. The monoisotopic (exact) mass is 407 g/mol. The van der Waals surface area contributed by atoms with E-state index in [-0.39, 0.29) is 5.91 Å². The molecule has 2 aromatic carbocycles. The van der Waals surface area contributed by atoms with Crippen molar-refractivity contribution < 1.29 is 18.7 Å². The molecule has 0 radical (unpaired) electrons. The van der Waals surface area contributed by atoms with Gasteiger partial charge in [-0.1, -0.05) is 12.1 Å². The van der Waals surface area contributed by atoms with Crippen molar-refractivity contribution in [1.29, 1.82) is 0 Å². The Morgan fingerprint density at radius 3 is 2.72 bits per heavy atom. The predicted molar refractivity (Wildman–Crippen MR) is 112 cm³/mol. The molecule has 0 saturated heterocycles.